The summed E-state index contributed by atoms with van der Waals surface area (Å²) in [6, 6.07) is 0. The van der Waals surface area contributed by atoms with E-state index in [0.29, 0.717) is 0 Å². The molecule has 0 unspecified atom stereocenters. The third kappa shape index (κ3) is 2.67. The number of likely N-dealkylation sites (tertiary alicyclic amines) is 1. The first-order valence-electron chi connectivity index (χ1n) is 3.92. The van der Waals surface area contributed by atoms with Crippen LogP contribution in [-0.2, 0) is 0 Å². The molecule has 0 spiro atoms. The topological polar surface area (TPSA) is 30.0 Å². The fraction of sp³-hybridized carbons (Fsp3) is 1.00. The van der Waals surface area contributed by atoms with Gasteiger partial charge in [-0.15, -0.1) is 0 Å². The lowest BCUT2D eigenvalue weighted by molar-refractivity contribution is -0.896. The monoisotopic (exact) mass is 145 g/mol. The highest BCUT2D eigenvalue weighted by molar-refractivity contribution is 4.57. The predicted octanol–water partition coefficient (Wildman–Crippen LogP) is 1.32. The van der Waals surface area contributed by atoms with E-state index in [-0.39, 0.29) is 5.48 Å². The first-order chi connectivity index (χ1) is 4.10. The second kappa shape index (κ2) is 3.35. The molecule has 1 rings (SSSR count). The van der Waals surface area contributed by atoms with Crippen molar-refractivity contribution >= 4 is 0 Å². The van der Waals surface area contributed by atoms with Crippen molar-refractivity contribution < 1.29 is 9.96 Å². The molecule has 2 nitrogen and oxygen atoms in total. The largest absolute Gasteiger partial charge is 0.870 e. The highest BCUT2D eigenvalue weighted by Gasteiger charge is 2.22. The minimum absolute atomic E-state index is 0. The molecule has 0 aromatic rings. The highest BCUT2D eigenvalue weighted by atomic mass is 16.0. The van der Waals surface area contributed by atoms with Crippen molar-refractivity contribution in [1.82, 2.24) is 0 Å². The normalized spacial score (nSPS) is 25.5. The Labute approximate surface area is 63.7 Å². The number of hydrogen-bond donors (Lipinski definition) is 0. The summed E-state index contributed by atoms with van der Waals surface area (Å²) in [6.07, 6.45) is 2.85. The van der Waals surface area contributed by atoms with Crippen molar-refractivity contribution in [1.29, 1.82) is 0 Å². The number of nitrogens with zero attached hydrogens (tertiary/aromatic N) is 1. The Balaban J connectivity index is 0.000000810. The number of piperidine rings is 1. The first-order valence-corrected chi connectivity index (χ1v) is 3.92. The number of rotatable bonds is 0. The van der Waals surface area contributed by atoms with Gasteiger partial charge in [0.25, 0.3) is 0 Å². The van der Waals surface area contributed by atoms with E-state index >= 15 is 0 Å². The summed E-state index contributed by atoms with van der Waals surface area (Å²) in [5.74, 6) is 0.983. The molecule has 0 aromatic carbocycles. The second-order valence-electron chi connectivity index (χ2n) is 4.07. The molecule has 0 aromatic heterocycles. The maximum Gasteiger partial charge on any atom is 0.0785 e. The summed E-state index contributed by atoms with van der Waals surface area (Å²) in [4.78, 5) is 0. The average Bonchev–Trinajstić information content (AvgIpc) is 1.78. The van der Waals surface area contributed by atoms with Crippen LogP contribution in [0.15, 0.2) is 0 Å². The van der Waals surface area contributed by atoms with Crippen LogP contribution in [0.3, 0.4) is 0 Å². The standard InChI is InChI=1S/C8H18N.H2O/c1-8-4-6-9(2,3)7-5-8;/h8H,4-7H2,1-3H3;1H2/q+1;/p-1. The van der Waals surface area contributed by atoms with Gasteiger partial charge in [-0.2, -0.15) is 0 Å². The summed E-state index contributed by atoms with van der Waals surface area (Å²) >= 11 is 0. The summed E-state index contributed by atoms with van der Waals surface area (Å²) < 4.78 is 1.24. The highest BCUT2D eigenvalue weighted by Crippen LogP contribution is 2.18. The molecule has 1 aliphatic heterocycles. The fourth-order valence-corrected chi connectivity index (χ4v) is 1.40. The fourth-order valence-electron chi connectivity index (χ4n) is 1.40. The molecule has 1 saturated heterocycles. The summed E-state index contributed by atoms with van der Waals surface area (Å²) in [7, 11) is 4.65. The van der Waals surface area contributed by atoms with Gasteiger partial charge in [-0.3, -0.25) is 0 Å². The van der Waals surface area contributed by atoms with E-state index in [1.54, 1.807) is 0 Å². The van der Waals surface area contributed by atoms with Gasteiger partial charge in [0.1, 0.15) is 0 Å². The minimum atomic E-state index is 0. The van der Waals surface area contributed by atoms with Gasteiger partial charge < -0.3 is 9.96 Å². The summed E-state index contributed by atoms with van der Waals surface area (Å²) in [5.41, 5.74) is 0. The quantitative estimate of drug-likeness (QED) is 0.473. The van der Waals surface area contributed by atoms with Gasteiger partial charge in [0.2, 0.25) is 0 Å². The van der Waals surface area contributed by atoms with Crippen LogP contribution in [-0.4, -0.2) is 37.1 Å². The molecule has 10 heavy (non-hydrogen) atoms. The molecule has 0 radical (unpaired) electrons. The Kier molecular flexibility index (Phi) is 3.33. The zero-order valence-corrected chi connectivity index (χ0v) is 7.30. The van der Waals surface area contributed by atoms with Crippen LogP contribution in [0.4, 0.5) is 0 Å². The van der Waals surface area contributed by atoms with Crippen LogP contribution >= 0.6 is 0 Å². The van der Waals surface area contributed by atoms with Crippen LogP contribution in [0, 0.1) is 5.92 Å². The number of hydrogen-bond acceptors (Lipinski definition) is 1. The van der Waals surface area contributed by atoms with E-state index in [4.69, 9.17) is 0 Å². The van der Waals surface area contributed by atoms with Crippen molar-refractivity contribution in [2.24, 2.45) is 5.92 Å². The van der Waals surface area contributed by atoms with E-state index in [0.717, 1.165) is 5.92 Å². The van der Waals surface area contributed by atoms with E-state index in [1.165, 1.54) is 30.4 Å². The van der Waals surface area contributed by atoms with Crippen LogP contribution in [0.2, 0.25) is 0 Å². The maximum atomic E-state index is 2.36. The molecular formula is C8H19NO. The van der Waals surface area contributed by atoms with Crippen LogP contribution in [0.5, 0.6) is 0 Å². The smallest absolute Gasteiger partial charge is 0.0785 e. The molecular weight excluding hydrogens is 126 g/mol. The molecule has 62 valence electrons. The van der Waals surface area contributed by atoms with E-state index in [9.17, 15) is 0 Å². The van der Waals surface area contributed by atoms with Gasteiger partial charge in [-0.1, -0.05) is 6.92 Å². The third-order valence-corrected chi connectivity index (χ3v) is 2.45. The second-order valence-corrected chi connectivity index (χ2v) is 4.07. The van der Waals surface area contributed by atoms with Crippen molar-refractivity contribution in [3.05, 3.63) is 0 Å². The van der Waals surface area contributed by atoms with Crippen molar-refractivity contribution in [2.75, 3.05) is 27.2 Å². The zero-order chi connectivity index (χ0) is 6.91. The molecule has 0 amide bonds. The lowest BCUT2D eigenvalue weighted by atomic mass is 9.98. The summed E-state index contributed by atoms with van der Waals surface area (Å²) in [5, 5.41) is 0. The predicted molar refractivity (Wildman–Crippen MR) is 42.2 cm³/mol. The lowest BCUT2D eigenvalue weighted by Gasteiger charge is -2.35. The van der Waals surface area contributed by atoms with Gasteiger partial charge >= 0.3 is 0 Å². The van der Waals surface area contributed by atoms with Gasteiger partial charge in [0.05, 0.1) is 27.2 Å². The van der Waals surface area contributed by atoms with Crippen LogP contribution in [0.1, 0.15) is 19.8 Å². The molecule has 0 bridgehead atoms. The van der Waals surface area contributed by atoms with E-state index < -0.39 is 0 Å². The van der Waals surface area contributed by atoms with Crippen LogP contribution in [0.25, 0.3) is 0 Å². The van der Waals surface area contributed by atoms with Gasteiger partial charge in [0, 0.05) is 0 Å². The average molecular weight is 145 g/mol. The van der Waals surface area contributed by atoms with E-state index in [2.05, 4.69) is 21.0 Å². The van der Waals surface area contributed by atoms with Crippen molar-refractivity contribution in [3.63, 3.8) is 0 Å². The Morgan fingerprint density at radius 3 is 1.80 bits per heavy atom. The molecule has 2 heteroatoms. The maximum absolute atomic E-state index is 2.36. The van der Waals surface area contributed by atoms with Gasteiger partial charge in [-0.25, -0.2) is 0 Å². The summed E-state index contributed by atoms with van der Waals surface area (Å²) in [6.45, 7) is 5.11. The molecule has 1 aliphatic rings. The first kappa shape index (κ1) is 9.92. The zero-order valence-electron chi connectivity index (χ0n) is 7.30. The molecule has 1 N–H and O–H groups in total. The van der Waals surface area contributed by atoms with Crippen molar-refractivity contribution in [3.8, 4) is 0 Å². The Morgan fingerprint density at radius 1 is 1.10 bits per heavy atom. The molecule has 0 saturated carbocycles. The van der Waals surface area contributed by atoms with E-state index in [1.807, 2.05) is 0 Å². The minimum Gasteiger partial charge on any atom is -0.870 e. The molecule has 1 heterocycles. The third-order valence-electron chi connectivity index (χ3n) is 2.45. The van der Waals surface area contributed by atoms with Gasteiger partial charge in [0.15, 0.2) is 0 Å². The molecule has 1 fully saturated rings. The Hall–Kier alpha value is -0.0800. The molecule has 0 aliphatic carbocycles. The SMILES string of the molecule is CC1CC[N+](C)(C)CC1.[OH-]. The van der Waals surface area contributed by atoms with Crippen LogP contribution < -0.4 is 0 Å². The van der Waals surface area contributed by atoms with Gasteiger partial charge in [-0.05, 0) is 18.8 Å². The Bertz CT molecular complexity index is 91.4. The number of quaternary nitrogens is 1. The van der Waals surface area contributed by atoms with Crippen molar-refractivity contribution in [2.45, 2.75) is 19.8 Å². The Morgan fingerprint density at radius 2 is 1.50 bits per heavy atom. The molecule has 0 atom stereocenters. The lowest BCUT2D eigenvalue weighted by Crippen LogP contribution is -2.45.